The minimum absolute atomic E-state index is 0.148. The lowest BCUT2D eigenvalue weighted by Crippen LogP contribution is -2.20. The molecule has 0 aromatic heterocycles. The molecule has 4 rings (SSSR count). The Morgan fingerprint density at radius 2 is 1.07 bits per heavy atom. The Morgan fingerprint density at radius 1 is 0.600 bits per heavy atom. The molecule has 0 saturated carbocycles. The van der Waals surface area contributed by atoms with Gasteiger partial charge in [0.1, 0.15) is 0 Å². The summed E-state index contributed by atoms with van der Waals surface area (Å²) in [6, 6.07) is 41.9. The van der Waals surface area contributed by atoms with Gasteiger partial charge in [0, 0.05) is 17.9 Å². The summed E-state index contributed by atoms with van der Waals surface area (Å²) in [5.74, 6) is -0.148. The van der Waals surface area contributed by atoms with E-state index in [-0.39, 0.29) is 5.92 Å². The van der Waals surface area contributed by atoms with Crippen molar-refractivity contribution in [3.05, 3.63) is 121 Å². The molecule has 0 N–H and O–H groups in total. The molecule has 0 aliphatic heterocycles. The van der Waals surface area contributed by atoms with Crippen LogP contribution in [-0.2, 0) is 0 Å². The molecule has 1 atom stereocenters. The molecular formula is C28H24N2. The highest BCUT2D eigenvalue weighted by molar-refractivity contribution is 5.64. The van der Waals surface area contributed by atoms with Crippen LogP contribution in [0.15, 0.2) is 115 Å². The summed E-state index contributed by atoms with van der Waals surface area (Å²) in [5.41, 5.74) is 5.71. The van der Waals surface area contributed by atoms with Crippen molar-refractivity contribution >= 4 is 11.4 Å². The number of hydrogen-bond donors (Lipinski definition) is 0. The molecule has 0 saturated heterocycles. The molecule has 4 aromatic rings. The fourth-order valence-electron chi connectivity index (χ4n) is 3.73. The van der Waals surface area contributed by atoms with Gasteiger partial charge >= 0.3 is 0 Å². The first kappa shape index (κ1) is 19.5. The number of benzene rings is 4. The van der Waals surface area contributed by atoms with Crippen LogP contribution in [0.2, 0.25) is 0 Å². The van der Waals surface area contributed by atoms with Crippen LogP contribution < -0.4 is 4.90 Å². The first-order valence-corrected chi connectivity index (χ1v) is 10.3. The van der Waals surface area contributed by atoms with E-state index in [4.69, 9.17) is 0 Å². The van der Waals surface area contributed by atoms with E-state index in [1.165, 1.54) is 11.1 Å². The first-order chi connectivity index (χ1) is 14.8. The summed E-state index contributed by atoms with van der Waals surface area (Å²) in [5, 5.41) is 9.85. The van der Waals surface area contributed by atoms with Crippen LogP contribution >= 0.6 is 0 Å². The van der Waals surface area contributed by atoms with Gasteiger partial charge in [-0.15, -0.1) is 0 Å². The second kappa shape index (κ2) is 9.58. The summed E-state index contributed by atoms with van der Waals surface area (Å²) in [4.78, 5) is 2.28. The van der Waals surface area contributed by atoms with Crippen LogP contribution in [0.1, 0.15) is 17.9 Å². The smallest absolute Gasteiger partial charge is 0.0729 e. The van der Waals surface area contributed by atoms with Crippen molar-refractivity contribution in [2.45, 2.75) is 12.3 Å². The maximum atomic E-state index is 9.85. The third-order valence-corrected chi connectivity index (χ3v) is 5.35. The van der Waals surface area contributed by atoms with Crippen molar-refractivity contribution in [3.63, 3.8) is 0 Å². The zero-order valence-electron chi connectivity index (χ0n) is 16.9. The highest BCUT2D eigenvalue weighted by atomic mass is 15.1. The van der Waals surface area contributed by atoms with Gasteiger partial charge in [-0.2, -0.15) is 5.26 Å². The molecule has 30 heavy (non-hydrogen) atoms. The number of nitrogens with zero attached hydrogens (tertiary/aromatic N) is 2. The number of nitriles is 1. The SMILES string of the molecule is N#CC(CCN(c1ccccc1)c1ccccc1)c1ccc(-c2ccccc2)cc1. The van der Waals surface area contributed by atoms with Crippen molar-refractivity contribution in [3.8, 4) is 17.2 Å². The van der Waals surface area contributed by atoms with E-state index < -0.39 is 0 Å². The summed E-state index contributed by atoms with van der Waals surface area (Å²) in [6.07, 6.45) is 0.755. The number of rotatable bonds is 7. The monoisotopic (exact) mass is 388 g/mol. The topological polar surface area (TPSA) is 27.0 Å². The Kier molecular flexibility index (Phi) is 6.22. The lowest BCUT2D eigenvalue weighted by Gasteiger charge is -2.26. The molecule has 0 aliphatic carbocycles. The molecule has 0 amide bonds. The van der Waals surface area contributed by atoms with E-state index in [0.717, 1.165) is 29.9 Å². The molecule has 0 fully saturated rings. The minimum atomic E-state index is -0.148. The molecule has 2 nitrogen and oxygen atoms in total. The predicted molar refractivity (Wildman–Crippen MR) is 125 cm³/mol. The lowest BCUT2D eigenvalue weighted by atomic mass is 9.94. The van der Waals surface area contributed by atoms with Gasteiger partial charge in [0.2, 0.25) is 0 Å². The molecule has 146 valence electrons. The van der Waals surface area contributed by atoms with Gasteiger partial charge in [-0.3, -0.25) is 0 Å². The molecule has 1 unspecified atom stereocenters. The zero-order valence-corrected chi connectivity index (χ0v) is 16.9. The number of hydrogen-bond acceptors (Lipinski definition) is 2. The Bertz CT molecular complexity index is 1040. The van der Waals surface area contributed by atoms with E-state index in [9.17, 15) is 5.26 Å². The third kappa shape index (κ3) is 4.59. The highest BCUT2D eigenvalue weighted by Gasteiger charge is 2.15. The van der Waals surface area contributed by atoms with Crippen LogP contribution in [0, 0.1) is 11.3 Å². The average Bonchev–Trinajstić information content (AvgIpc) is 2.84. The second-order valence-electron chi connectivity index (χ2n) is 7.28. The third-order valence-electron chi connectivity index (χ3n) is 5.35. The largest absolute Gasteiger partial charge is 0.341 e. The minimum Gasteiger partial charge on any atom is -0.341 e. The Hall–Kier alpha value is -3.83. The van der Waals surface area contributed by atoms with Crippen LogP contribution in [0.5, 0.6) is 0 Å². The van der Waals surface area contributed by atoms with E-state index in [0.29, 0.717) is 0 Å². The van der Waals surface area contributed by atoms with Gasteiger partial charge in [0.15, 0.2) is 0 Å². The quantitative estimate of drug-likeness (QED) is 0.335. The Labute approximate surface area is 178 Å². The standard InChI is InChI=1S/C28H24N2/c29-22-26(25-18-16-24(17-19-25)23-10-4-1-5-11-23)20-21-30(27-12-6-2-7-13-27)28-14-8-3-9-15-28/h1-19,26H,20-21H2. The fourth-order valence-corrected chi connectivity index (χ4v) is 3.73. The van der Waals surface area contributed by atoms with Gasteiger partial charge in [0.25, 0.3) is 0 Å². The van der Waals surface area contributed by atoms with E-state index >= 15 is 0 Å². The average molecular weight is 389 g/mol. The molecule has 0 bridgehead atoms. The van der Waals surface area contributed by atoms with Gasteiger partial charge in [0.05, 0.1) is 12.0 Å². The van der Waals surface area contributed by atoms with Gasteiger partial charge in [-0.1, -0.05) is 91.0 Å². The van der Waals surface area contributed by atoms with Crippen LogP contribution in [0.4, 0.5) is 11.4 Å². The summed E-state index contributed by atoms with van der Waals surface area (Å²) < 4.78 is 0. The first-order valence-electron chi connectivity index (χ1n) is 10.3. The molecule has 0 radical (unpaired) electrons. The second-order valence-corrected chi connectivity index (χ2v) is 7.28. The van der Waals surface area contributed by atoms with Crippen LogP contribution in [0.25, 0.3) is 11.1 Å². The van der Waals surface area contributed by atoms with E-state index in [2.05, 4.69) is 95.9 Å². The maximum absolute atomic E-state index is 9.85. The fraction of sp³-hybridized carbons (Fsp3) is 0.107. The van der Waals surface area contributed by atoms with Crippen molar-refractivity contribution in [1.82, 2.24) is 0 Å². The summed E-state index contributed by atoms with van der Waals surface area (Å²) in [6.45, 7) is 0.771. The normalized spacial score (nSPS) is 11.4. The van der Waals surface area contributed by atoms with Crippen LogP contribution in [0.3, 0.4) is 0 Å². The Morgan fingerprint density at radius 3 is 1.57 bits per heavy atom. The number of anilines is 2. The van der Waals surface area contributed by atoms with Gasteiger partial charge in [-0.25, -0.2) is 0 Å². The molecule has 0 aliphatic rings. The van der Waals surface area contributed by atoms with Crippen molar-refractivity contribution < 1.29 is 0 Å². The summed E-state index contributed by atoms with van der Waals surface area (Å²) >= 11 is 0. The predicted octanol–water partition coefficient (Wildman–Crippen LogP) is 7.19. The molecule has 4 aromatic carbocycles. The summed E-state index contributed by atoms with van der Waals surface area (Å²) in [7, 11) is 0. The van der Waals surface area contributed by atoms with Crippen molar-refractivity contribution in [2.24, 2.45) is 0 Å². The molecule has 0 heterocycles. The van der Waals surface area contributed by atoms with Crippen molar-refractivity contribution in [1.29, 1.82) is 5.26 Å². The molecule has 0 spiro atoms. The Balaban J connectivity index is 1.52. The zero-order chi connectivity index (χ0) is 20.6. The van der Waals surface area contributed by atoms with Crippen molar-refractivity contribution in [2.75, 3.05) is 11.4 Å². The maximum Gasteiger partial charge on any atom is 0.0729 e. The molecule has 2 heteroatoms. The van der Waals surface area contributed by atoms with Crippen LogP contribution in [-0.4, -0.2) is 6.54 Å². The lowest BCUT2D eigenvalue weighted by molar-refractivity contribution is 0.743. The van der Waals surface area contributed by atoms with Gasteiger partial charge in [-0.05, 0) is 47.4 Å². The number of para-hydroxylation sites is 2. The van der Waals surface area contributed by atoms with E-state index in [1.54, 1.807) is 0 Å². The highest BCUT2D eigenvalue weighted by Crippen LogP contribution is 2.29. The molecular weight excluding hydrogens is 364 g/mol. The van der Waals surface area contributed by atoms with E-state index in [1.807, 2.05) is 30.3 Å². The van der Waals surface area contributed by atoms with Gasteiger partial charge < -0.3 is 4.90 Å².